The first-order valence-electron chi connectivity index (χ1n) is 12.1. The van der Waals surface area contributed by atoms with Gasteiger partial charge >= 0.3 is 12.1 Å². The molecule has 1 saturated heterocycles. The fourth-order valence-corrected chi connectivity index (χ4v) is 5.35. The Kier molecular flexibility index (Phi) is 7.70. The number of alkyl halides is 3. The zero-order chi connectivity index (χ0) is 25.4. The molecule has 2 fully saturated rings. The molecule has 1 aromatic rings. The third-order valence-electron chi connectivity index (χ3n) is 6.96. The molecule has 0 bridgehead atoms. The van der Waals surface area contributed by atoms with Gasteiger partial charge in [-0.3, -0.25) is 4.79 Å². The fraction of sp³-hybridized carbons (Fsp3) is 0.792. The Labute approximate surface area is 199 Å². The van der Waals surface area contributed by atoms with E-state index in [-0.39, 0.29) is 5.41 Å². The first kappa shape index (κ1) is 26.5. The maximum atomic E-state index is 13.0. The molecule has 0 unspecified atom stereocenters. The Morgan fingerprint density at radius 2 is 1.71 bits per heavy atom. The van der Waals surface area contributed by atoms with Gasteiger partial charge in [0.15, 0.2) is 0 Å². The molecule has 4 rings (SSSR count). The average molecular weight is 487 g/mol. The summed E-state index contributed by atoms with van der Waals surface area (Å²) >= 11 is 0. The van der Waals surface area contributed by atoms with E-state index in [0.717, 1.165) is 57.7 Å². The van der Waals surface area contributed by atoms with Gasteiger partial charge in [-0.15, -0.1) is 0 Å². The van der Waals surface area contributed by atoms with E-state index in [9.17, 15) is 18.0 Å². The Morgan fingerprint density at radius 1 is 1.15 bits per heavy atom. The summed E-state index contributed by atoms with van der Waals surface area (Å²) in [6, 6.07) is 0.385. The summed E-state index contributed by atoms with van der Waals surface area (Å²) in [6.07, 6.45) is -0.676. The number of piperidine rings is 1. The highest BCUT2D eigenvalue weighted by molar-refractivity contribution is 5.81. The van der Waals surface area contributed by atoms with E-state index >= 15 is 0 Å². The van der Waals surface area contributed by atoms with E-state index in [1.165, 1.54) is 17.9 Å². The lowest BCUT2D eigenvalue weighted by Gasteiger charge is -2.47. The van der Waals surface area contributed by atoms with Crippen molar-refractivity contribution in [3.8, 4) is 0 Å². The van der Waals surface area contributed by atoms with Crippen molar-refractivity contribution in [1.82, 2.24) is 19.4 Å². The fourth-order valence-electron chi connectivity index (χ4n) is 5.35. The molecule has 1 saturated carbocycles. The highest BCUT2D eigenvalue weighted by atomic mass is 19.4. The van der Waals surface area contributed by atoms with E-state index in [0.29, 0.717) is 23.8 Å². The van der Waals surface area contributed by atoms with Crippen LogP contribution in [0.1, 0.15) is 76.6 Å². The minimum absolute atomic E-state index is 0.0521. The molecule has 1 amide bonds. The second-order valence-corrected chi connectivity index (χ2v) is 10.7. The number of carboxylic acids is 1. The molecule has 1 spiro atoms. The average Bonchev–Trinajstić information content (AvgIpc) is 3.51. The molecule has 0 atom stereocenters. The summed E-state index contributed by atoms with van der Waals surface area (Å²) in [5.74, 6) is -0.261. The summed E-state index contributed by atoms with van der Waals surface area (Å²) in [7, 11) is 0. The number of carboxylic acid groups (broad SMARTS) is 1. The van der Waals surface area contributed by atoms with Crippen LogP contribution in [0.3, 0.4) is 0 Å². The van der Waals surface area contributed by atoms with E-state index in [1.54, 1.807) is 0 Å². The van der Waals surface area contributed by atoms with Crippen molar-refractivity contribution >= 4 is 11.9 Å². The second kappa shape index (κ2) is 9.87. The molecular weight excluding hydrogens is 449 g/mol. The van der Waals surface area contributed by atoms with Crippen LogP contribution in [-0.2, 0) is 21.5 Å². The number of fused-ring (bicyclic) bond motifs is 2. The number of nitrogens with zero attached hydrogens (tertiary/aromatic N) is 4. The van der Waals surface area contributed by atoms with Crippen molar-refractivity contribution in [2.75, 3.05) is 26.2 Å². The lowest BCUT2D eigenvalue weighted by molar-refractivity contribution is -0.192. The van der Waals surface area contributed by atoms with Gasteiger partial charge in [0.2, 0.25) is 5.91 Å². The topological polar surface area (TPSA) is 78.7 Å². The van der Waals surface area contributed by atoms with Gasteiger partial charge in [0.25, 0.3) is 0 Å². The number of likely N-dealkylation sites (tertiary alicyclic amines) is 1. The van der Waals surface area contributed by atoms with Crippen molar-refractivity contribution < 1.29 is 27.9 Å². The summed E-state index contributed by atoms with van der Waals surface area (Å²) in [5.41, 5.74) is 2.66. The van der Waals surface area contributed by atoms with Gasteiger partial charge in [0.1, 0.15) is 5.82 Å². The molecule has 3 aliphatic rings. The van der Waals surface area contributed by atoms with Gasteiger partial charge in [-0.2, -0.15) is 13.2 Å². The van der Waals surface area contributed by atoms with Crippen LogP contribution in [0.15, 0.2) is 0 Å². The molecule has 0 aromatic carbocycles. The number of aromatic nitrogens is 2. The number of carbonyl (C=O) groups is 2. The number of rotatable bonds is 4. The normalized spacial score (nSPS) is 20.4. The summed E-state index contributed by atoms with van der Waals surface area (Å²) in [5, 5.41) is 7.12. The monoisotopic (exact) mass is 486 g/mol. The van der Waals surface area contributed by atoms with Crippen LogP contribution in [-0.4, -0.2) is 68.7 Å². The third kappa shape index (κ3) is 5.75. The Hall–Kier alpha value is -2.10. The summed E-state index contributed by atoms with van der Waals surface area (Å²) in [4.78, 5) is 31.8. The van der Waals surface area contributed by atoms with Gasteiger partial charge in [-0.25, -0.2) is 9.78 Å². The van der Waals surface area contributed by atoms with Crippen LogP contribution in [0, 0.1) is 18.8 Å². The lowest BCUT2D eigenvalue weighted by atomic mass is 9.72. The minimum atomic E-state index is -5.08. The maximum Gasteiger partial charge on any atom is 0.490 e. The van der Waals surface area contributed by atoms with Gasteiger partial charge < -0.3 is 19.5 Å². The summed E-state index contributed by atoms with van der Waals surface area (Å²) in [6.45, 7) is 16.2. The maximum absolute atomic E-state index is 13.0. The quantitative estimate of drug-likeness (QED) is 0.692. The number of amides is 1. The third-order valence-corrected chi connectivity index (χ3v) is 6.96. The van der Waals surface area contributed by atoms with Crippen molar-refractivity contribution in [2.45, 2.75) is 84.5 Å². The molecule has 2 aliphatic heterocycles. The van der Waals surface area contributed by atoms with Gasteiger partial charge in [0, 0.05) is 30.5 Å². The molecule has 1 N–H and O–H groups in total. The second-order valence-electron chi connectivity index (χ2n) is 10.7. The highest BCUT2D eigenvalue weighted by Crippen LogP contribution is 2.44. The number of halogens is 3. The number of aryl methyl sites for hydroxylation is 1. The molecule has 0 radical (unpaired) electrons. The van der Waals surface area contributed by atoms with E-state index in [2.05, 4.69) is 49.0 Å². The lowest BCUT2D eigenvalue weighted by Crippen LogP contribution is -2.54. The molecule has 192 valence electrons. The zero-order valence-corrected chi connectivity index (χ0v) is 20.8. The number of hydrogen-bond acceptors (Lipinski definition) is 4. The van der Waals surface area contributed by atoms with E-state index in [4.69, 9.17) is 14.9 Å². The Bertz CT molecular complexity index is 898. The predicted molar refractivity (Wildman–Crippen MR) is 121 cm³/mol. The largest absolute Gasteiger partial charge is 0.490 e. The van der Waals surface area contributed by atoms with Crippen LogP contribution in [0.4, 0.5) is 13.2 Å². The van der Waals surface area contributed by atoms with Crippen molar-refractivity contribution in [3.63, 3.8) is 0 Å². The van der Waals surface area contributed by atoms with Crippen LogP contribution in [0.5, 0.6) is 0 Å². The molecule has 10 heteroatoms. The number of aliphatic carboxylic acids is 1. The zero-order valence-electron chi connectivity index (χ0n) is 20.8. The van der Waals surface area contributed by atoms with Crippen molar-refractivity contribution in [1.29, 1.82) is 0 Å². The van der Waals surface area contributed by atoms with Gasteiger partial charge in [-0.1, -0.05) is 13.8 Å². The van der Waals surface area contributed by atoms with E-state index in [1.807, 2.05) is 0 Å². The molecule has 34 heavy (non-hydrogen) atoms. The Balaban J connectivity index is 0.000000406. The smallest absolute Gasteiger partial charge is 0.475 e. The van der Waals surface area contributed by atoms with Crippen LogP contribution in [0.2, 0.25) is 0 Å². The Morgan fingerprint density at radius 3 is 2.15 bits per heavy atom. The van der Waals surface area contributed by atoms with Crippen molar-refractivity contribution in [2.24, 2.45) is 11.8 Å². The molecule has 1 aromatic heterocycles. The number of imidazole rings is 1. The minimum Gasteiger partial charge on any atom is -0.475 e. The first-order valence-corrected chi connectivity index (χ1v) is 12.1. The SMILES string of the molecule is Cc1nc2c(n1C(C)C)CN(C(=O)C1CC1)CC21CCN(CC(C)C)CC1.O=C(O)C(F)(F)F. The number of hydrogen-bond donors (Lipinski definition) is 1. The van der Waals surface area contributed by atoms with Gasteiger partial charge in [0.05, 0.1) is 17.9 Å². The first-order chi connectivity index (χ1) is 15.7. The van der Waals surface area contributed by atoms with Crippen molar-refractivity contribution in [3.05, 3.63) is 17.2 Å². The van der Waals surface area contributed by atoms with E-state index < -0.39 is 12.1 Å². The highest BCUT2D eigenvalue weighted by Gasteiger charge is 2.48. The summed E-state index contributed by atoms with van der Waals surface area (Å²) < 4.78 is 34.1. The molecule has 1 aliphatic carbocycles. The molecular formula is C24H37F3N4O3. The van der Waals surface area contributed by atoms with Crippen LogP contribution < -0.4 is 0 Å². The van der Waals surface area contributed by atoms with Crippen LogP contribution in [0.25, 0.3) is 0 Å². The molecule has 7 nitrogen and oxygen atoms in total. The van der Waals surface area contributed by atoms with Gasteiger partial charge in [-0.05, 0) is 65.5 Å². The van der Waals surface area contributed by atoms with Crippen LogP contribution >= 0.6 is 0 Å². The number of carbonyl (C=O) groups excluding carboxylic acids is 1. The standard InChI is InChI=1S/C22H36N4O.C2HF3O2/c1-15(2)12-24-10-8-22(9-11-24)14-25(21(27)18-6-7-18)13-19-20(22)23-17(5)26(19)16(3)4;3-2(4,5)1(6)7/h15-16,18H,6-14H2,1-5H3;(H,6,7). The predicted octanol–water partition coefficient (Wildman–Crippen LogP) is 4.15. The molecule has 3 heterocycles.